The molecule has 0 saturated heterocycles. The van der Waals surface area contributed by atoms with E-state index in [1.54, 1.807) is 55.6 Å². The summed E-state index contributed by atoms with van der Waals surface area (Å²) in [5.41, 5.74) is 2.36. The predicted molar refractivity (Wildman–Crippen MR) is 114 cm³/mol. The van der Waals surface area contributed by atoms with E-state index in [9.17, 15) is 13.2 Å². The number of nitrogens with one attached hydrogen (secondary N) is 1. The Kier molecular flexibility index (Phi) is 8.37. The quantitative estimate of drug-likeness (QED) is 0.601. The number of ether oxygens (including phenoxy) is 1. The summed E-state index contributed by atoms with van der Waals surface area (Å²) < 4.78 is 32.1. The number of benzene rings is 2. The Morgan fingerprint density at radius 3 is 2.28 bits per heavy atom. The molecule has 0 bridgehead atoms. The number of nitrogens with zero attached hydrogens (tertiary/aromatic N) is 1. The van der Waals surface area contributed by atoms with E-state index in [2.05, 4.69) is 5.32 Å². The third-order valence-corrected chi connectivity index (χ3v) is 6.23. The van der Waals surface area contributed by atoms with E-state index >= 15 is 0 Å². The summed E-state index contributed by atoms with van der Waals surface area (Å²) in [4.78, 5) is 12.5. The lowest BCUT2D eigenvalue weighted by Crippen LogP contribution is -2.27. The van der Waals surface area contributed by atoms with Crippen molar-refractivity contribution in [1.29, 1.82) is 0 Å². The first-order chi connectivity index (χ1) is 13.7. The number of hydrogen-bond acceptors (Lipinski definition) is 4. The Hall–Kier alpha value is -2.22. The molecule has 0 atom stereocenters. The number of carbonyl (C=O) groups excluding carboxylic acids is 1. The topological polar surface area (TPSA) is 75.7 Å². The van der Waals surface area contributed by atoms with Crippen molar-refractivity contribution in [3.8, 4) is 0 Å². The van der Waals surface area contributed by atoms with E-state index < -0.39 is 10.0 Å². The first kappa shape index (κ1) is 23.1. The molecular formula is C22H30N2O4S. The van der Waals surface area contributed by atoms with Gasteiger partial charge in [-0.3, -0.25) is 4.79 Å². The van der Waals surface area contributed by atoms with Gasteiger partial charge in [-0.15, -0.1) is 0 Å². The standard InChI is InChI=1S/C22H30N2O4S/c1-17(2)28-15-5-14-23-22(25)20-10-8-19(9-11-20)16-24(4)29(26,27)21-12-6-18(3)7-13-21/h6-13,17H,5,14-16H2,1-4H3,(H,23,25). The number of carbonyl (C=O) groups is 1. The number of amides is 1. The van der Waals surface area contributed by atoms with Crippen LogP contribution < -0.4 is 5.32 Å². The van der Waals surface area contributed by atoms with E-state index in [1.165, 1.54) is 4.31 Å². The van der Waals surface area contributed by atoms with Gasteiger partial charge in [-0.05, 0) is 57.0 Å². The summed E-state index contributed by atoms with van der Waals surface area (Å²) in [6.07, 6.45) is 0.940. The number of sulfonamides is 1. The molecule has 2 aromatic rings. The van der Waals surface area contributed by atoms with Crippen molar-refractivity contribution in [2.75, 3.05) is 20.2 Å². The van der Waals surface area contributed by atoms with Crippen LogP contribution in [-0.2, 0) is 21.3 Å². The number of hydrogen-bond donors (Lipinski definition) is 1. The van der Waals surface area contributed by atoms with E-state index in [1.807, 2.05) is 20.8 Å². The average Bonchev–Trinajstić information content (AvgIpc) is 2.68. The van der Waals surface area contributed by atoms with Gasteiger partial charge in [0.15, 0.2) is 0 Å². The predicted octanol–water partition coefficient (Wildman–Crippen LogP) is 3.36. The van der Waals surface area contributed by atoms with Crippen LogP contribution in [0.3, 0.4) is 0 Å². The fourth-order valence-electron chi connectivity index (χ4n) is 2.69. The van der Waals surface area contributed by atoms with Gasteiger partial charge >= 0.3 is 0 Å². The molecule has 0 aliphatic heterocycles. The van der Waals surface area contributed by atoms with Gasteiger partial charge in [-0.25, -0.2) is 8.42 Å². The molecule has 0 aliphatic rings. The van der Waals surface area contributed by atoms with Crippen molar-refractivity contribution in [2.24, 2.45) is 0 Å². The van der Waals surface area contributed by atoms with Crippen molar-refractivity contribution in [3.05, 3.63) is 65.2 Å². The molecule has 6 nitrogen and oxygen atoms in total. The molecule has 0 spiro atoms. The monoisotopic (exact) mass is 418 g/mol. The largest absolute Gasteiger partial charge is 0.379 e. The van der Waals surface area contributed by atoms with Crippen molar-refractivity contribution < 1.29 is 17.9 Å². The third-order valence-electron chi connectivity index (χ3n) is 4.41. The first-order valence-electron chi connectivity index (χ1n) is 9.72. The van der Waals surface area contributed by atoms with Crippen LogP contribution in [0, 0.1) is 6.92 Å². The Bertz CT molecular complexity index is 891. The maximum atomic E-state index is 12.7. The second-order valence-electron chi connectivity index (χ2n) is 7.30. The maximum absolute atomic E-state index is 12.7. The fourth-order valence-corrected chi connectivity index (χ4v) is 3.85. The summed E-state index contributed by atoms with van der Waals surface area (Å²) in [7, 11) is -2.01. The summed E-state index contributed by atoms with van der Waals surface area (Å²) in [6.45, 7) is 7.25. The highest BCUT2D eigenvalue weighted by molar-refractivity contribution is 7.89. The Labute approximate surface area is 173 Å². The Balaban J connectivity index is 1.91. The summed E-state index contributed by atoms with van der Waals surface area (Å²) in [6, 6.07) is 13.8. The molecule has 158 valence electrons. The van der Waals surface area contributed by atoms with Gasteiger partial charge < -0.3 is 10.1 Å². The number of rotatable bonds is 10. The normalized spacial score (nSPS) is 11.8. The first-order valence-corrected chi connectivity index (χ1v) is 11.2. The molecule has 0 heterocycles. The molecule has 0 saturated carbocycles. The van der Waals surface area contributed by atoms with Crippen LogP contribution in [0.1, 0.15) is 41.8 Å². The van der Waals surface area contributed by atoms with Crippen molar-refractivity contribution >= 4 is 15.9 Å². The SMILES string of the molecule is Cc1ccc(S(=O)(=O)N(C)Cc2ccc(C(=O)NCCCOC(C)C)cc2)cc1. The molecule has 29 heavy (non-hydrogen) atoms. The molecule has 1 amide bonds. The van der Waals surface area contributed by atoms with Gasteiger partial charge in [0.1, 0.15) is 0 Å². The molecule has 0 fully saturated rings. The Morgan fingerprint density at radius 1 is 1.07 bits per heavy atom. The maximum Gasteiger partial charge on any atom is 0.251 e. The van der Waals surface area contributed by atoms with Gasteiger partial charge in [0.2, 0.25) is 10.0 Å². The Morgan fingerprint density at radius 2 is 1.69 bits per heavy atom. The van der Waals surface area contributed by atoms with Crippen molar-refractivity contribution in [2.45, 2.75) is 44.7 Å². The third kappa shape index (κ3) is 6.96. The van der Waals surface area contributed by atoms with Gasteiger partial charge in [-0.2, -0.15) is 4.31 Å². The lowest BCUT2D eigenvalue weighted by atomic mass is 10.1. The lowest BCUT2D eigenvalue weighted by molar-refractivity contribution is 0.0757. The van der Waals surface area contributed by atoms with Gasteiger partial charge in [0, 0.05) is 32.3 Å². The fraction of sp³-hybridized carbons (Fsp3) is 0.409. The van der Waals surface area contributed by atoms with Crippen LogP contribution in [-0.4, -0.2) is 44.9 Å². The second-order valence-corrected chi connectivity index (χ2v) is 9.34. The van der Waals surface area contributed by atoms with Crippen LogP contribution in [0.4, 0.5) is 0 Å². The highest BCUT2D eigenvalue weighted by Gasteiger charge is 2.20. The molecule has 2 aromatic carbocycles. The van der Waals surface area contributed by atoms with Crippen LogP contribution in [0.5, 0.6) is 0 Å². The molecule has 0 radical (unpaired) electrons. The van der Waals surface area contributed by atoms with Gasteiger partial charge in [-0.1, -0.05) is 29.8 Å². The molecule has 0 unspecified atom stereocenters. The van der Waals surface area contributed by atoms with E-state index in [0.717, 1.165) is 17.5 Å². The van der Waals surface area contributed by atoms with E-state index in [0.29, 0.717) is 18.7 Å². The summed E-state index contributed by atoms with van der Waals surface area (Å²) >= 11 is 0. The molecule has 0 aliphatic carbocycles. The van der Waals surface area contributed by atoms with E-state index in [4.69, 9.17) is 4.74 Å². The molecule has 1 N–H and O–H groups in total. The summed E-state index contributed by atoms with van der Waals surface area (Å²) in [5.74, 6) is -0.151. The lowest BCUT2D eigenvalue weighted by Gasteiger charge is -2.17. The van der Waals surface area contributed by atoms with Gasteiger partial charge in [0.05, 0.1) is 11.0 Å². The average molecular weight is 419 g/mol. The zero-order valence-corrected chi connectivity index (χ0v) is 18.3. The molecular weight excluding hydrogens is 388 g/mol. The van der Waals surface area contributed by atoms with Crippen LogP contribution in [0.25, 0.3) is 0 Å². The summed E-state index contributed by atoms with van der Waals surface area (Å²) in [5, 5.41) is 2.86. The minimum absolute atomic E-state index is 0.151. The molecule has 2 rings (SSSR count). The second kappa shape index (κ2) is 10.5. The number of aryl methyl sites for hydroxylation is 1. The van der Waals surface area contributed by atoms with Crippen LogP contribution in [0.15, 0.2) is 53.4 Å². The zero-order chi connectivity index (χ0) is 21.4. The minimum Gasteiger partial charge on any atom is -0.379 e. The van der Waals surface area contributed by atoms with Crippen molar-refractivity contribution in [1.82, 2.24) is 9.62 Å². The molecule has 7 heteroatoms. The molecule has 0 aromatic heterocycles. The van der Waals surface area contributed by atoms with Crippen LogP contribution in [0.2, 0.25) is 0 Å². The zero-order valence-electron chi connectivity index (χ0n) is 17.5. The smallest absolute Gasteiger partial charge is 0.251 e. The van der Waals surface area contributed by atoms with Crippen LogP contribution >= 0.6 is 0 Å². The highest BCUT2D eigenvalue weighted by atomic mass is 32.2. The van der Waals surface area contributed by atoms with E-state index in [-0.39, 0.29) is 23.5 Å². The van der Waals surface area contributed by atoms with Crippen molar-refractivity contribution in [3.63, 3.8) is 0 Å². The minimum atomic E-state index is -3.56. The highest BCUT2D eigenvalue weighted by Crippen LogP contribution is 2.17. The van der Waals surface area contributed by atoms with Gasteiger partial charge in [0.25, 0.3) is 5.91 Å².